The van der Waals surface area contributed by atoms with Crippen molar-refractivity contribution in [2.24, 2.45) is 0 Å². The van der Waals surface area contributed by atoms with Crippen LogP contribution < -0.4 is 15.4 Å². The van der Waals surface area contributed by atoms with Crippen LogP contribution in [0, 0.1) is 0 Å². The van der Waals surface area contributed by atoms with Crippen molar-refractivity contribution in [1.29, 1.82) is 0 Å². The first-order chi connectivity index (χ1) is 14.9. The van der Waals surface area contributed by atoms with E-state index in [1.807, 2.05) is 19.9 Å². The van der Waals surface area contributed by atoms with E-state index in [4.69, 9.17) is 4.74 Å². The fraction of sp³-hybridized carbons (Fsp3) is 0.476. The monoisotopic (exact) mass is 431 g/mol. The number of nitrogens with one attached hydrogen (secondary N) is 2. The van der Waals surface area contributed by atoms with E-state index in [0.29, 0.717) is 31.4 Å². The molecule has 10 nitrogen and oxygen atoms in total. The van der Waals surface area contributed by atoms with Gasteiger partial charge in [-0.05, 0) is 25.0 Å². The number of benzene rings is 1. The number of hydrogen-bond acceptors (Lipinski definition) is 8. The summed E-state index contributed by atoms with van der Waals surface area (Å²) in [7, 11) is 0. The van der Waals surface area contributed by atoms with Crippen molar-refractivity contribution in [3.05, 3.63) is 30.3 Å². The number of aromatic nitrogens is 3. The van der Waals surface area contributed by atoms with Crippen molar-refractivity contribution in [3.8, 4) is 11.8 Å². The van der Waals surface area contributed by atoms with E-state index < -0.39 is 24.0 Å². The molecule has 4 N–H and O–H groups in total. The number of carboxylic acid groups (broad SMARTS) is 2. The molecule has 168 valence electrons. The number of unbranched alkanes of at least 4 members (excludes halogenated alkanes) is 2. The smallest absolute Gasteiger partial charge is 0.328 e. The van der Waals surface area contributed by atoms with Gasteiger partial charge in [-0.3, -0.25) is 0 Å². The van der Waals surface area contributed by atoms with Gasteiger partial charge in [-0.25, -0.2) is 9.59 Å². The zero-order valence-electron chi connectivity index (χ0n) is 17.7. The molecule has 0 aliphatic carbocycles. The lowest BCUT2D eigenvalue weighted by molar-refractivity contribution is -0.139. The van der Waals surface area contributed by atoms with Gasteiger partial charge in [-0.1, -0.05) is 57.7 Å². The Bertz CT molecular complexity index is 803. The summed E-state index contributed by atoms with van der Waals surface area (Å²) in [5.41, 5.74) is 0. The van der Waals surface area contributed by atoms with Gasteiger partial charge in [0.25, 0.3) is 0 Å². The normalized spacial score (nSPS) is 12.6. The second-order valence-corrected chi connectivity index (χ2v) is 7.04. The van der Waals surface area contributed by atoms with Gasteiger partial charge in [0.05, 0.1) is 0 Å². The Labute approximate surface area is 181 Å². The minimum absolute atomic E-state index is 0.00781. The van der Waals surface area contributed by atoms with E-state index in [1.54, 1.807) is 24.3 Å². The maximum absolute atomic E-state index is 11.6. The van der Waals surface area contributed by atoms with Crippen LogP contribution in [-0.2, 0) is 9.59 Å². The summed E-state index contributed by atoms with van der Waals surface area (Å²) in [6.07, 6.45) is 3.90. The standard InChI is InChI=1S/C21H29N5O5/c1-3-5-12-15(17(27)28)22-19-24-20(23-16(18(29)30)13-6-4-2)26-21(25-19)31-14-10-8-7-9-11-14/h7-11,15-16H,3-6,12-13H2,1-2H3,(H,27,28)(H,29,30)(H2,22,23,24,25,26). The van der Waals surface area contributed by atoms with Crippen LogP contribution >= 0.6 is 0 Å². The van der Waals surface area contributed by atoms with Crippen molar-refractivity contribution >= 4 is 23.8 Å². The number of aliphatic carboxylic acids is 2. The van der Waals surface area contributed by atoms with Gasteiger partial charge >= 0.3 is 17.9 Å². The maximum Gasteiger partial charge on any atom is 0.328 e. The lowest BCUT2D eigenvalue weighted by Crippen LogP contribution is -2.32. The summed E-state index contributed by atoms with van der Waals surface area (Å²) in [6, 6.07) is 6.96. The van der Waals surface area contributed by atoms with Gasteiger partial charge in [0, 0.05) is 0 Å². The Kier molecular flexibility index (Phi) is 9.47. The molecule has 0 aliphatic heterocycles. The molecule has 0 saturated heterocycles. The molecule has 2 atom stereocenters. The first-order valence-corrected chi connectivity index (χ1v) is 10.4. The van der Waals surface area contributed by atoms with Crippen molar-refractivity contribution < 1.29 is 24.5 Å². The van der Waals surface area contributed by atoms with E-state index in [0.717, 1.165) is 12.8 Å². The average molecular weight is 431 g/mol. The number of hydrogen-bond donors (Lipinski definition) is 4. The second kappa shape index (κ2) is 12.3. The molecule has 2 unspecified atom stereocenters. The molecule has 0 bridgehead atoms. The summed E-state index contributed by atoms with van der Waals surface area (Å²) in [5.74, 6) is -1.59. The first-order valence-electron chi connectivity index (χ1n) is 10.4. The van der Waals surface area contributed by atoms with Crippen LogP contribution in [0.25, 0.3) is 0 Å². The van der Waals surface area contributed by atoms with Crippen LogP contribution in [0.15, 0.2) is 30.3 Å². The number of anilines is 2. The number of carbonyl (C=O) groups is 2. The van der Waals surface area contributed by atoms with Gasteiger partial charge in [0.15, 0.2) is 0 Å². The highest BCUT2D eigenvalue weighted by atomic mass is 16.5. The van der Waals surface area contributed by atoms with Crippen LogP contribution in [0.4, 0.5) is 11.9 Å². The van der Waals surface area contributed by atoms with E-state index in [-0.39, 0.29) is 17.9 Å². The summed E-state index contributed by atoms with van der Waals surface area (Å²) < 4.78 is 5.67. The van der Waals surface area contributed by atoms with Crippen LogP contribution in [0.2, 0.25) is 0 Å². The highest BCUT2D eigenvalue weighted by Gasteiger charge is 2.22. The fourth-order valence-electron chi connectivity index (χ4n) is 2.77. The van der Waals surface area contributed by atoms with Crippen molar-refractivity contribution in [3.63, 3.8) is 0 Å². The van der Waals surface area contributed by atoms with E-state index >= 15 is 0 Å². The fourth-order valence-corrected chi connectivity index (χ4v) is 2.77. The molecule has 10 heteroatoms. The lowest BCUT2D eigenvalue weighted by Gasteiger charge is -2.17. The van der Waals surface area contributed by atoms with Gasteiger partial charge < -0.3 is 25.6 Å². The highest BCUT2D eigenvalue weighted by Crippen LogP contribution is 2.21. The van der Waals surface area contributed by atoms with E-state index in [1.165, 1.54) is 0 Å². The lowest BCUT2D eigenvalue weighted by atomic mass is 10.1. The highest BCUT2D eigenvalue weighted by molar-refractivity contribution is 5.77. The SMILES string of the molecule is CCCCC(Nc1nc(NC(CCCC)C(=O)O)nc(Oc2ccccc2)n1)C(=O)O. The molecular formula is C21H29N5O5. The van der Waals surface area contributed by atoms with Gasteiger partial charge in [-0.2, -0.15) is 15.0 Å². The molecule has 1 aromatic heterocycles. The summed E-state index contributed by atoms with van der Waals surface area (Å²) in [4.78, 5) is 35.7. The summed E-state index contributed by atoms with van der Waals surface area (Å²) in [5, 5.41) is 24.6. The van der Waals surface area contributed by atoms with E-state index in [9.17, 15) is 19.8 Å². The number of rotatable bonds is 14. The average Bonchev–Trinajstić information content (AvgIpc) is 2.74. The van der Waals surface area contributed by atoms with Crippen LogP contribution in [-0.4, -0.2) is 49.2 Å². The van der Waals surface area contributed by atoms with Crippen molar-refractivity contribution in [1.82, 2.24) is 15.0 Å². The van der Waals surface area contributed by atoms with E-state index in [2.05, 4.69) is 25.6 Å². The molecule has 31 heavy (non-hydrogen) atoms. The molecule has 0 aliphatic rings. The molecule has 0 amide bonds. The minimum Gasteiger partial charge on any atom is -0.480 e. The third kappa shape index (κ3) is 8.07. The Morgan fingerprint density at radius 3 is 1.77 bits per heavy atom. The third-order valence-corrected chi connectivity index (χ3v) is 4.46. The largest absolute Gasteiger partial charge is 0.480 e. The van der Waals surface area contributed by atoms with Gasteiger partial charge in [-0.15, -0.1) is 0 Å². The summed E-state index contributed by atoms with van der Waals surface area (Å²) in [6.45, 7) is 3.94. The molecule has 0 radical (unpaired) electrons. The second-order valence-electron chi connectivity index (χ2n) is 7.04. The molecule has 2 aromatic rings. The van der Waals surface area contributed by atoms with Crippen LogP contribution in [0.5, 0.6) is 11.8 Å². The molecule has 0 saturated carbocycles. The zero-order chi connectivity index (χ0) is 22.6. The van der Waals surface area contributed by atoms with Crippen LogP contribution in [0.1, 0.15) is 52.4 Å². The zero-order valence-corrected chi connectivity index (χ0v) is 17.7. The Balaban J connectivity index is 2.31. The maximum atomic E-state index is 11.6. The van der Waals surface area contributed by atoms with Gasteiger partial charge in [0.2, 0.25) is 11.9 Å². The Morgan fingerprint density at radius 2 is 1.35 bits per heavy atom. The van der Waals surface area contributed by atoms with Crippen molar-refractivity contribution in [2.75, 3.05) is 10.6 Å². The van der Waals surface area contributed by atoms with Crippen LogP contribution in [0.3, 0.4) is 0 Å². The Hall–Kier alpha value is -3.43. The van der Waals surface area contributed by atoms with Crippen molar-refractivity contribution in [2.45, 2.75) is 64.5 Å². The molecule has 0 spiro atoms. The third-order valence-electron chi connectivity index (χ3n) is 4.46. The molecular weight excluding hydrogens is 402 g/mol. The number of ether oxygens (including phenoxy) is 1. The van der Waals surface area contributed by atoms with Gasteiger partial charge in [0.1, 0.15) is 17.8 Å². The predicted octanol–water partition coefficient (Wildman–Crippen LogP) is 3.77. The topological polar surface area (TPSA) is 147 Å². The molecule has 1 heterocycles. The quantitative estimate of drug-likeness (QED) is 0.348. The minimum atomic E-state index is -1.03. The predicted molar refractivity (Wildman–Crippen MR) is 115 cm³/mol. The number of carboxylic acids is 2. The molecule has 1 aromatic carbocycles. The number of nitrogens with zero attached hydrogens (tertiary/aromatic N) is 3. The number of para-hydroxylation sites is 1. The molecule has 2 rings (SSSR count). The molecule has 0 fully saturated rings. The summed E-state index contributed by atoms with van der Waals surface area (Å²) >= 11 is 0. The first kappa shape index (κ1) is 23.8. The Morgan fingerprint density at radius 1 is 0.871 bits per heavy atom.